The maximum atomic E-state index is 12.2. The van der Waals surface area contributed by atoms with Crippen molar-refractivity contribution in [1.29, 1.82) is 0 Å². The second-order valence-corrected chi connectivity index (χ2v) is 5.39. The molecule has 1 aromatic carbocycles. The molecule has 1 heterocycles. The smallest absolute Gasteiger partial charge is 0.256 e. The summed E-state index contributed by atoms with van der Waals surface area (Å²) in [6.45, 7) is 4.29. The third kappa shape index (κ3) is 3.47. The molecule has 0 bridgehead atoms. The van der Waals surface area contributed by atoms with E-state index < -0.39 is 0 Å². The molecule has 3 nitrogen and oxygen atoms in total. The molecule has 0 radical (unpaired) electrons. The Morgan fingerprint density at radius 1 is 1.35 bits per heavy atom. The molecule has 20 heavy (non-hydrogen) atoms. The van der Waals surface area contributed by atoms with Gasteiger partial charge < -0.3 is 11.1 Å². The summed E-state index contributed by atoms with van der Waals surface area (Å²) in [5.74, 6) is 5.59. The van der Waals surface area contributed by atoms with Gasteiger partial charge in [-0.25, -0.2) is 0 Å². The molecule has 0 spiro atoms. The first kappa shape index (κ1) is 14.3. The number of anilines is 1. The molecule has 0 fully saturated rings. The number of carbonyl (C=O) groups is 1. The highest BCUT2D eigenvalue weighted by atomic mass is 32.1. The fourth-order valence-corrected chi connectivity index (χ4v) is 2.48. The Morgan fingerprint density at radius 2 is 2.15 bits per heavy atom. The van der Waals surface area contributed by atoms with E-state index in [0.29, 0.717) is 12.1 Å². The molecule has 0 atom stereocenters. The lowest BCUT2D eigenvalue weighted by Crippen LogP contribution is -2.11. The molecular formula is C16H16N2OS. The standard InChI is InChI=1S/C16H16N2OS/c1-11-5-6-12(2)15(8-11)18-16(19)13-9-14(20-10-13)4-3-7-17/h5-6,8-10H,7,17H2,1-2H3,(H,18,19). The van der Waals surface area contributed by atoms with E-state index in [-0.39, 0.29) is 5.91 Å². The minimum Gasteiger partial charge on any atom is -0.322 e. The van der Waals surface area contributed by atoms with Crippen molar-refractivity contribution in [2.24, 2.45) is 5.73 Å². The molecule has 2 rings (SSSR count). The number of thiophene rings is 1. The van der Waals surface area contributed by atoms with Gasteiger partial charge in [-0.1, -0.05) is 24.0 Å². The molecular weight excluding hydrogens is 268 g/mol. The minimum atomic E-state index is -0.115. The van der Waals surface area contributed by atoms with Crippen LogP contribution in [0.3, 0.4) is 0 Å². The Balaban J connectivity index is 2.15. The molecule has 0 saturated heterocycles. The summed E-state index contributed by atoms with van der Waals surface area (Å²) in [5, 5.41) is 4.74. The van der Waals surface area contributed by atoms with Crippen molar-refractivity contribution in [1.82, 2.24) is 0 Å². The highest BCUT2D eigenvalue weighted by Gasteiger charge is 2.09. The Labute approximate surface area is 122 Å². The lowest BCUT2D eigenvalue weighted by atomic mass is 10.1. The first-order chi connectivity index (χ1) is 9.60. The van der Waals surface area contributed by atoms with Crippen molar-refractivity contribution >= 4 is 22.9 Å². The number of benzene rings is 1. The summed E-state index contributed by atoms with van der Waals surface area (Å²) in [6, 6.07) is 7.77. The van der Waals surface area contributed by atoms with E-state index in [4.69, 9.17) is 5.73 Å². The van der Waals surface area contributed by atoms with Crippen LogP contribution in [0.2, 0.25) is 0 Å². The zero-order valence-electron chi connectivity index (χ0n) is 11.5. The monoisotopic (exact) mass is 284 g/mol. The van der Waals surface area contributed by atoms with Gasteiger partial charge in [0.05, 0.1) is 17.0 Å². The van der Waals surface area contributed by atoms with E-state index in [1.54, 1.807) is 11.4 Å². The molecule has 102 valence electrons. The number of aryl methyl sites for hydroxylation is 2. The van der Waals surface area contributed by atoms with Crippen LogP contribution in [0.4, 0.5) is 5.69 Å². The molecule has 2 aromatic rings. The van der Waals surface area contributed by atoms with Gasteiger partial charge in [-0.05, 0) is 37.1 Å². The van der Waals surface area contributed by atoms with Crippen LogP contribution in [0, 0.1) is 25.7 Å². The zero-order valence-corrected chi connectivity index (χ0v) is 12.3. The lowest BCUT2D eigenvalue weighted by Gasteiger charge is -2.08. The largest absolute Gasteiger partial charge is 0.322 e. The molecule has 4 heteroatoms. The molecule has 0 unspecified atom stereocenters. The van der Waals surface area contributed by atoms with E-state index in [9.17, 15) is 4.79 Å². The van der Waals surface area contributed by atoms with Gasteiger partial charge in [0.25, 0.3) is 5.91 Å². The van der Waals surface area contributed by atoms with Gasteiger partial charge in [0.15, 0.2) is 0 Å². The molecule has 0 saturated carbocycles. The topological polar surface area (TPSA) is 55.1 Å². The lowest BCUT2D eigenvalue weighted by molar-refractivity contribution is 0.102. The number of nitrogens with one attached hydrogen (secondary N) is 1. The van der Waals surface area contributed by atoms with E-state index in [0.717, 1.165) is 21.7 Å². The second-order valence-electron chi connectivity index (χ2n) is 4.48. The molecule has 0 aliphatic rings. The highest BCUT2D eigenvalue weighted by molar-refractivity contribution is 7.10. The molecule has 1 amide bonds. The fraction of sp³-hybridized carbons (Fsp3) is 0.188. The highest BCUT2D eigenvalue weighted by Crippen LogP contribution is 2.19. The van der Waals surface area contributed by atoms with Crippen LogP contribution in [0.15, 0.2) is 29.6 Å². The normalized spacial score (nSPS) is 9.75. The summed E-state index contributed by atoms with van der Waals surface area (Å²) in [5.41, 5.74) is 8.95. The van der Waals surface area contributed by atoms with Crippen molar-refractivity contribution < 1.29 is 4.79 Å². The van der Waals surface area contributed by atoms with Crippen molar-refractivity contribution in [3.05, 3.63) is 51.2 Å². The predicted molar refractivity (Wildman–Crippen MR) is 84.1 cm³/mol. The first-order valence-corrected chi connectivity index (χ1v) is 7.14. The second kappa shape index (κ2) is 6.38. The number of nitrogens with two attached hydrogens (primary N) is 1. The van der Waals surface area contributed by atoms with Gasteiger partial charge in [-0.15, -0.1) is 11.3 Å². The SMILES string of the molecule is Cc1ccc(C)c(NC(=O)c2csc(C#CCN)c2)c1. The summed E-state index contributed by atoms with van der Waals surface area (Å²) in [6.07, 6.45) is 0. The Kier molecular flexibility index (Phi) is 4.57. The fourth-order valence-electron chi connectivity index (χ4n) is 1.72. The maximum absolute atomic E-state index is 12.2. The van der Waals surface area contributed by atoms with Gasteiger partial charge in [0.2, 0.25) is 0 Å². The van der Waals surface area contributed by atoms with E-state index in [1.165, 1.54) is 11.3 Å². The quantitative estimate of drug-likeness (QED) is 0.833. The minimum absolute atomic E-state index is 0.115. The van der Waals surface area contributed by atoms with Crippen LogP contribution in [0.25, 0.3) is 0 Å². The van der Waals surface area contributed by atoms with Gasteiger partial charge in [0, 0.05) is 11.1 Å². The third-order valence-corrected chi connectivity index (χ3v) is 3.66. The molecule has 1 aromatic heterocycles. The van der Waals surface area contributed by atoms with Crippen LogP contribution in [0.5, 0.6) is 0 Å². The van der Waals surface area contributed by atoms with Crippen molar-refractivity contribution in [3.63, 3.8) is 0 Å². The third-order valence-electron chi connectivity index (χ3n) is 2.82. The average Bonchev–Trinajstić information content (AvgIpc) is 2.89. The Bertz CT molecular complexity index is 692. The van der Waals surface area contributed by atoms with Crippen LogP contribution in [0.1, 0.15) is 26.4 Å². The van der Waals surface area contributed by atoms with Gasteiger partial charge >= 0.3 is 0 Å². The van der Waals surface area contributed by atoms with Crippen molar-refractivity contribution in [2.45, 2.75) is 13.8 Å². The van der Waals surface area contributed by atoms with Gasteiger partial charge in [-0.2, -0.15) is 0 Å². The van der Waals surface area contributed by atoms with Crippen molar-refractivity contribution in [3.8, 4) is 11.8 Å². The number of amides is 1. The van der Waals surface area contributed by atoms with Gasteiger partial charge in [0.1, 0.15) is 0 Å². The van der Waals surface area contributed by atoms with E-state index >= 15 is 0 Å². The Morgan fingerprint density at radius 3 is 2.90 bits per heavy atom. The summed E-state index contributed by atoms with van der Waals surface area (Å²) < 4.78 is 0. The predicted octanol–water partition coefficient (Wildman–Crippen LogP) is 2.93. The summed E-state index contributed by atoms with van der Waals surface area (Å²) in [4.78, 5) is 13.0. The number of rotatable bonds is 2. The van der Waals surface area contributed by atoms with Crippen LogP contribution >= 0.6 is 11.3 Å². The maximum Gasteiger partial charge on any atom is 0.256 e. The summed E-state index contributed by atoms with van der Waals surface area (Å²) >= 11 is 1.45. The van der Waals surface area contributed by atoms with E-state index in [1.807, 2.05) is 32.0 Å². The molecule has 0 aliphatic carbocycles. The molecule has 0 aliphatic heterocycles. The average molecular weight is 284 g/mol. The zero-order chi connectivity index (χ0) is 14.5. The first-order valence-electron chi connectivity index (χ1n) is 6.26. The molecule has 3 N–H and O–H groups in total. The summed E-state index contributed by atoms with van der Waals surface area (Å²) in [7, 11) is 0. The van der Waals surface area contributed by atoms with Gasteiger partial charge in [-0.3, -0.25) is 4.79 Å². The number of carbonyl (C=O) groups excluding carboxylic acids is 1. The van der Waals surface area contributed by atoms with Crippen molar-refractivity contribution in [2.75, 3.05) is 11.9 Å². The number of hydrogen-bond acceptors (Lipinski definition) is 3. The number of hydrogen-bond donors (Lipinski definition) is 2. The van der Waals surface area contributed by atoms with E-state index in [2.05, 4.69) is 17.2 Å². The van der Waals surface area contributed by atoms with Crippen LogP contribution in [-0.2, 0) is 0 Å². The van der Waals surface area contributed by atoms with Crippen LogP contribution < -0.4 is 11.1 Å². The van der Waals surface area contributed by atoms with Crippen LogP contribution in [-0.4, -0.2) is 12.5 Å². The Hall–Kier alpha value is -2.09.